The van der Waals surface area contributed by atoms with E-state index in [-0.39, 0.29) is 25.3 Å². The van der Waals surface area contributed by atoms with Crippen molar-refractivity contribution in [2.45, 2.75) is 19.1 Å². The molecule has 1 aromatic carbocycles. The van der Waals surface area contributed by atoms with Crippen LogP contribution in [0.2, 0.25) is 0 Å². The minimum atomic E-state index is -1.19. The van der Waals surface area contributed by atoms with Crippen LogP contribution in [0, 0.1) is 17.5 Å². The number of morpholine rings is 1. The molecule has 110 valence electrons. The van der Waals surface area contributed by atoms with Crippen LogP contribution >= 0.6 is 15.9 Å². The molecule has 0 bridgehead atoms. The molecule has 20 heavy (non-hydrogen) atoms. The number of benzene rings is 1. The fourth-order valence-electron chi connectivity index (χ4n) is 2.08. The molecule has 0 radical (unpaired) electrons. The third-order valence-corrected chi connectivity index (χ3v) is 3.88. The number of nitrogens with zero attached hydrogens (tertiary/aromatic N) is 1. The van der Waals surface area contributed by atoms with Gasteiger partial charge in [0.25, 0.3) is 5.91 Å². The third kappa shape index (κ3) is 2.98. The molecule has 0 spiro atoms. The van der Waals surface area contributed by atoms with Crippen LogP contribution in [0.15, 0.2) is 12.1 Å². The van der Waals surface area contributed by atoms with Gasteiger partial charge in [-0.05, 0) is 6.92 Å². The zero-order valence-corrected chi connectivity index (χ0v) is 12.3. The van der Waals surface area contributed by atoms with E-state index in [9.17, 15) is 18.0 Å². The van der Waals surface area contributed by atoms with Crippen molar-refractivity contribution in [1.29, 1.82) is 0 Å². The smallest absolute Gasteiger partial charge is 0.260 e. The summed E-state index contributed by atoms with van der Waals surface area (Å²) < 4.78 is 45.6. The SMILES string of the molecule is CC1COC(CBr)CN1C(=O)c1c(F)cc(F)cc1F. The Morgan fingerprint density at radius 2 is 2.00 bits per heavy atom. The van der Waals surface area contributed by atoms with Gasteiger partial charge in [-0.15, -0.1) is 0 Å². The summed E-state index contributed by atoms with van der Waals surface area (Å²) in [5.74, 6) is -4.23. The average molecular weight is 352 g/mol. The van der Waals surface area contributed by atoms with Crippen molar-refractivity contribution in [1.82, 2.24) is 4.90 Å². The van der Waals surface area contributed by atoms with E-state index in [1.807, 2.05) is 0 Å². The number of hydrogen-bond donors (Lipinski definition) is 0. The second-order valence-electron chi connectivity index (χ2n) is 4.66. The van der Waals surface area contributed by atoms with Gasteiger partial charge in [0.05, 0.1) is 18.8 Å². The van der Waals surface area contributed by atoms with Crippen LogP contribution in [0.1, 0.15) is 17.3 Å². The van der Waals surface area contributed by atoms with Crippen LogP contribution in [-0.2, 0) is 4.74 Å². The number of carbonyl (C=O) groups excluding carboxylic acids is 1. The molecule has 7 heteroatoms. The predicted octanol–water partition coefficient (Wildman–Crippen LogP) is 2.73. The van der Waals surface area contributed by atoms with Crippen molar-refractivity contribution < 1.29 is 22.7 Å². The Hall–Kier alpha value is -1.08. The third-order valence-electron chi connectivity index (χ3n) is 3.16. The molecule has 1 aliphatic rings. The van der Waals surface area contributed by atoms with Crippen LogP contribution < -0.4 is 0 Å². The molecule has 0 aliphatic carbocycles. The van der Waals surface area contributed by atoms with E-state index in [0.717, 1.165) is 0 Å². The number of ether oxygens (including phenoxy) is 1. The lowest BCUT2D eigenvalue weighted by Crippen LogP contribution is -2.51. The standard InChI is InChI=1S/C13H13BrF3NO2/c1-7-6-20-9(4-14)5-18(7)13(19)12-10(16)2-8(15)3-11(12)17/h2-3,7,9H,4-6H2,1H3. The zero-order chi connectivity index (χ0) is 14.9. The summed E-state index contributed by atoms with van der Waals surface area (Å²) >= 11 is 3.24. The topological polar surface area (TPSA) is 29.5 Å². The Bertz CT molecular complexity index is 503. The van der Waals surface area contributed by atoms with Gasteiger partial charge >= 0.3 is 0 Å². The monoisotopic (exact) mass is 351 g/mol. The maximum atomic E-state index is 13.7. The van der Waals surface area contributed by atoms with Gasteiger partial charge in [-0.25, -0.2) is 13.2 Å². The highest BCUT2D eigenvalue weighted by molar-refractivity contribution is 9.09. The fourth-order valence-corrected chi connectivity index (χ4v) is 2.48. The molecular weight excluding hydrogens is 339 g/mol. The Kier molecular flexibility index (Phi) is 4.70. The van der Waals surface area contributed by atoms with Gasteiger partial charge in [-0.2, -0.15) is 0 Å². The molecule has 0 N–H and O–H groups in total. The Morgan fingerprint density at radius 3 is 2.55 bits per heavy atom. The average Bonchev–Trinajstić information content (AvgIpc) is 2.37. The normalized spacial score (nSPS) is 22.9. The van der Waals surface area contributed by atoms with Gasteiger partial charge in [0.2, 0.25) is 0 Å². The molecule has 2 unspecified atom stereocenters. The number of alkyl halides is 1. The maximum absolute atomic E-state index is 13.7. The Morgan fingerprint density at radius 1 is 1.40 bits per heavy atom. The van der Waals surface area contributed by atoms with Gasteiger partial charge in [-0.3, -0.25) is 4.79 Å². The van der Waals surface area contributed by atoms with E-state index in [1.165, 1.54) is 4.90 Å². The van der Waals surface area contributed by atoms with Gasteiger partial charge in [0.1, 0.15) is 23.0 Å². The molecule has 1 fully saturated rings. The van der Waals surface area contributed by atoms with Crippen molar-refractivity contribution in [3.05, 3.63) is 35.1 Å². The number of rotatable bonds is 2. The van der Waals surface area contributed by atoms with E-state index in [4.69, 9.17) is 4.74 Å². The van der Waals surface area contributed by atoms with E-state index >= 15 is 0 Å². The number of halogens is 4. The number of carbonyl (C=O) groups is 1. The van der Waals surface area contributed by atoms with E-state index in [2.05, 4.69) is 15.9 Å². The highest BCUT2D eigenvalue weighted by Gasteiger charge is 2.32. The molecule has 1 amide bonds. The summed E-state index contributed by atoms with van der Waals surface area (Å²) in [4.78, 5) is 13.6. The molecule has 2 atom stereocenters. The lowest BCUT2D eigenvalue weighted by Gasteiger charge is -2.37. The van der Waals surface area contributed by atoms with Gasteiger partial charge in [0, 0.05) is 24.0 Å². The summed E-state index contributed by atoms with van der Waals surface area (Å²) in [5.41, 5.74) is -0.728. The first kappa shape index (κ1) is 15.3. The van der Waals surface area contributed by atoms with Crippen LogP contribution in [0.3, 0.4) is 0 Å². The van der Waals surface area contributed by atoms with E-state index in [1.54, 1.807) is 6.92 Å². The molecule has 1 aromatic rings. The maximum Gasteiger partial charge on any atom is 0.260 e. The molecule has 1 aliphatic heterocycles. The molecular formula is C13H13BrF3NO2. The number of hydrogen-bond acceptors (Lipinski definition) is 2. The van der Waals surface area contributed by atoms with Crippen LogP contribution in [-0.4, -0.2) is 41.4 Å². The lowest BCUT2D eigenvalue weighted by atomic mass is 10.1. The second-order valence-corrected chi connectivity index (χ2v) is 5.31. The van der Waals surface area contributed by atoms with Crippen molar-refractivity contribution >= 4 is 21.8 Å². The van der Waals surface area contributed by atoms with Crippen molar-refractivity contribution in [3.8, 4) is 0 Å². The van der Waals surface area contributed by atoms with E-state index in [0.29, 0.717) is 17.5 Å². The van der Waals surface area contributed by atoms with Gasteiger partial charge in [-0.1, -0.05) is 15.9 Å². The highest BCUT2D eigenvalue weighted by Crippen LogP contribution is 2.21. The van der Waals surface area contributed by atoms with E-state index < -0.39 is 28.9 Å². The molecule has 0 aromatic heterocycles. The highest BCUT2D eigenvalue weighted by atomic mass is 79.9. The summed E-state index contributed by atoms with van der Waals surface area (Å²) in [6.45, 7) is 2.23. The van der Waals surface area contributed by atoms with Crippen molar-refractivity contribution in [3.63, 3.8) is 0 Å². The number of amides is 1. The molecule has 1 heterocycles. The van der Waals surface area contributed by atoms with Crippen molar-refractivity contribution in [2.24, 2.45) is 0 Å². The van der Waals surface area contributed by atoms with Crippen LogP contribution in [0.5, 0.6) is 0 Å². The summed E-state index contributed by atoms with van der Waals surface area (Å²) in [5, 5.41) is 0.512. The molecule has 1 saturated heterocycles. The fraction of sp³-hybridized carbons (Fsp3) is 0.462. The van der Waals surface area contributed by atoms with Crippen molar-refractivity contribution in [2.75, 3.05) is 18.5 Å². The van der Waals surface area contributed by atoms with Crippen LogP contribution in [0.25, 0.3) is 0 Å². The largest absolute Gasteiger partial charge is 0.373 e. The Labute approximate surface area is 122 Å². The first-order valence-corrected chi connectivity index (χ1v) is 7.19. The first-order chi connectivity index (χ1) is 9.43. The molecule has 3 nitrogen and oxygen atoms in total. The quantitative estimate of drug-likeness (QED) is 0.766. The molecule has 0 saturated carbocycles. The summed E-state index contributed by atoms with van der Waals surface area (Å²) in [7, 11) is 0. The summed E-state index contributed by atoms with van der Waals surface area (Å²) in [6.07, 6.45) is -0.235. The zero-order valence-electron chi connectivity index (χ0n) is 10.7. The minimum absolute atomic E-state index is 0.224. The van der Waals surface area contributed by atoms with Gasteiger partial charge < -0.3 is 9.64 Å². The predicted molar refractivity (Wildman–Crippen MR) is 70.3 cm³/mol. The second kappa shape index (κ2) is 6.13. The molecule has 2 rings (SSSR count). The minimum Gasteiger partial charge on any atom is -0.373 e. The van der Waals surface area contributed by atoms with Gasteiger partial charge in [0.15, 0.2) is 0 Å². The Balaban J connectivity index is 2.30. The first-order valence-electron chi connectivity index (χ1n) is 6.07. The lowest BCUT2D eigenvalue weighted by molar-refractivity contribution is -0.0364. The van der Waals surface area contributed by atoms with Crippen LogP contribution in [0.4, 0.5) is 13.2 Å². The summed E-state index contributed by atoms with van der Waals surface area (Å²) in [6, 6.07) is 0.703.